The summed E-state index contributed by atoms with van der Waals surface area (Å²) in [5, 5.41) is 18.7. The molecule has 0 amide bonds. The summed E-state index contributed by atoms with van der Waals surface area (Å²) < 4.78 is 44.7. The number of hydrogen-bond donors (Lipinski definition) is 3. The number of nitrogens with one attached hydrogen (secondary N) is 2. The minimum atomic E-state index is -4.17. The van der Waals surface area contributed by atoms with Crippen LogP contribution in [0.25, 0.3) is 0 Å². The summed E-state index contributed by atoms with van der Waals surface area (Å²) in [6, 6.07) is 4.39. The van der Waals surface area contributed by atoms with Crippen molar-refractivity contribution in [2.75, 3.05) is 11.5 Å². The van der Waals surface area contributed by atoms with Crippen molar-refractivity contribution in [3.8, 4) is 0 Å². The van der Waals surface area contributed by atoms with Crippen molar-refractivity contribution < 1.29 is 22.0 Å². The van der Waals surface area contributed by atoms with E-state index in [4.69, 9.17) is 5.21 Å². The fraction of sp³-hybridized carbons (Fsp3) is 0.143. The Morgan fingerprint density at radius 3 is 2.33 bits per heavy atom. The number of hydrogen-bond acceptors (Lipinski definition) is 7. The maximum absolute atomic E-state index is 11.6. The highest BCUT2D eigenvalue weighted by Gasteiger charge is 2.16. The summed E-state index contributed by atoms with van der Waals surface area (Å²) in [6.07, 6.45) is 0.763. The number of anilines is 1. The quantitative estimate of drug-likeness (QED) is 0.600. The van der Waals surface area contributed by atoms with Crippen LogP contribution in [0.3, 0.4) is 0 Å². The monoisotopic (exact) mass is 296 g/mol. The molecule has 0 saturated carbocycles. The first-order chi connectivity index (χ1) is 8.12. The van der Waals surface area contributed by atoms with Crippen LogP contribution in [0.15, 0.2) is 29.2 Å². The van der Waals surface area contributed by atoms with Crippen molar-refractivity contribution in [3.05, 3.63) is 29.5 Å². The second-order valence-corrected chi connectivity index (χ2v) is 6.68. The highest BCUT2D eigenvalue weighted by molar-refractivity contribution is 7.92. The van der Waals surface area contributed by atoms with E-state index in [1.54, 1.807) is 9.66 Å². The molecule has 0 aromatic heterocycles. The Bertz CT molecular complexity index is 624. The average molecular weight is 296 g/mol. The van der Waals surface area contributed by atoms with Gasteiger partial charge in [-0.05, 0) is 18.2 Å². The summed E-state index contributed by atoms with van der Waals surface area (Å²) >= 11 is 0. The smallest absolute Gasteiger partial charge is 0.254 e. The number of benzene rings is 1. The molecule has 0 aliphatic rings. The van der Waals surface area contributed by atoms with E-state index in [0.717, 1.165) is 18.4 Å². The average Bonchev–Trinajstić information content (AvgIpc) is 2.26. The highest BCUT2D eigenvalue weighted by atomic mass is 32.2. The molecule has 0 aliphatic heterocycles. The predicted molar refractivity (Wildman–Crippen MR) is 62.4 cm³/mol. The molecule has 0 atom stereocenters. The molecule has 0 bridgehead atoms. The lowest BCUT2D eigenvalue weighted by molar-refractivity contribution is 0.296. The molecule has 1 rings (SSSR count). The normalized spacial score (nSPS) is 12.4. The van der Waals surface area contributed by atoms with Crippen molar-refractivity contribution in [3.63, 3.8) is 0 Å². The Balaban J connectivity index is 3.02. The number of rotatable bonds is 5. The van der Waals surface area contributed by atoms with Gasteiger partial charge in [-0.2, -0.15) is 0 Å². The first kappa shape index (κ1) is 14.8. The Labute approximate surface area is 104 Å². The Hall–Kier alpha value is -1.24. The molecule has 0 fully saturated rings. The van der Waals surface area contributed by atoms with E-state index in [1.807, 2.05) is 0 Å². The van der Waals surface area contributed by atoms with E-state index >= 15 is 0 Å². The maximum atomic E-state index is 11.6. The summed E-state index contributed by atoms with van der Waals surface area (Å²) in [5.41, 5.74) is -0.308. The number of nitrogens with zero attached hydrogens (tertiary/aromatic N) is 1. The third-order valence-electron chi connectivity index (χ3n) is 1.71. The van der Waals surface area contributed by atoms with E-state index in [2.05, 4.69) is 0 Å². The van der Waals surface area contributed by atoms with Crippen LogP contribution in [-0.2, 0) is 20.0 Å². The van der Waals surface area contributed by atoms with Crippen LogP contribution in [0.1, 0.15) is 0 Å². The lowest BCUT2D eigenvalue weighted by atomic mass is 10.3. The fourth-order valence-electron chi connectivity index (χ4n) is 0.959. The van der Waals surface area contributed by atoms with Gasteiger partial charge in [0.2, 0.25) is 10.0 Å². The van der Waals surface area contributed by atoms with Crippen molar-refractivity contribution in [1.29, 1.82) is 0 Å². The van der Waals surface area contributed by atoms with Crippen molar-refractivity contribution in [2.45, 2.75) is 4.90 Å². The van der Waals surface area contributed by atoms with E-state index in [1.165, 1.54) is 12.1 Å². The van der Waals surface area contributed by atoms with Crippen LogP contribution >= 0.6 is 0 Å². The molecule has 0 unspecified atom stereocenters. The molecule has 1 aromatic carbocycles. The molecule has 0 spiro atoms. The van der Waals surface area contributed by atoms with E-state index in [-0.39, 0.29) is 10.6 Å². The van der Waals surface area contributed by atoms with Gasteiger partial charge in [0, 0.05) is 0 Å². The minimum absolute atomic E-state index is 0.308. The van der Waals surface area contributed by atoms with Crippen LogP contribution in [0.2, 0.25) is 0 Å². The Morgan fingerprint density at radius 1 is 1.22 bits per heavy atom. The summed E-state index contributed by atoms with van der Waals surface area (Å²) in [5.74, 6) is 0. The van der Waals surface area contributed by atoms with Crippen molar-refractivity contribution in [1.82, 2.24) is 9.66 Å². The third-order valence-corrected chi connectivity index (χ3v) is 3.56. The topological polar surface area (TPSA) is 139 Å². The fourth-order valence-corrected chi connectivity index (χ4v) is 2.65. The van der Waals surface area contributed by atoms with Gasteiger partial charge in [0.25, 0.3) is 10.0 Å². The van der Waals surface area contributed by atoms with Crippen LogP contribution in [-0.4, -0.2) is 28.3 Å². The van der Waals surface area contributed by atoms with E-state index in [9.17, 15) is 22.0 Å². The summed E-state index contributed by atoms with van der Waals surface area (Å²) in [7, 11) is -7.92. The van der Waals surface area contributed by atoms with Gasteiger partial charge >= 0.3 is 0 Å². The van der Waals surface area contributed by atoms with Gasteiger partial charge in [0.05, 0.1) is 16.8 Å². The number of sulfonamides is 2. The molecule has 18 heavy (non-hydrogen) atoms. The molecule has 9 nitrogen and oxygen atoms in total. The lowest BCUT2D eigenvalue weighted by Gasteiger charge is -2.21. The van der Waals surface area contributed by atoms with E-state index in [0.29, 0.717) is 0 Å². The summed E-state index contributed by atoms with van der Waals surface area (Å²) in [6.45, 7) is 0. The third kappa shape index (κ3) is 4.21. The molecule has 11 heteroatoms. The van der Waals surface area contributed by atoms with Crippen molar-refractivity contribution in [2.24, 2.45) is 0 Å². The van der Waals surface area contributed by atoms with Crippen LogP contribution in [0.5, 0.6) is 0 Å². The summed E-state index contributed by atoms with van der Waals surface area (Å²) in [4.78, 5) is 2.82. The van der Waals surface area contributed by atoms with Crippen LogP contribution in [0, 0.1) is 5.21 Å². The standard InChI is InChI=1S/C7H10N3O6S2/c1-17(13,14)8-9-18(15,16)7-4-2-3-6(5-7)10(11)12/h2-5,8-9,11H,1H3/q-1. The van der Waals surface area contributed by atoms with Gasteiger partial charge in [-0.1, -0.05) is 6.07 Å². The van der Waals surface area contributed by atoms with Crippen molar-refractivity contribution >= 4 is 25.7 Å². The SMILES string of the molecule is CS(=O)(=O)NNS(=O)(=O)c1cccc(N([O-])O)c1. The zero-order valence-electron chi connectivity index (χ0n) is 9.06. The Morgan fingerprint density at radius 2 is 1.83 bits per heavy atom. The first-order valence-electron chi connectivity index (χ1n) is 4.36. The second-order valence-electron chi connectivity index (χ2n) is 3.25. The van der Waals surface area contributed by atoms with Gasteiger partial charge in [-0.3, -0.25) is 5.21 Å². The maximum Gasteiger partial charge on any atom is 0.254 e. The van der Waals surface area contributed by atoms with Gasteiger partial charge in [0.15, 0.2) is 0 Å². The zero-order chi connectivity index (χ0) is 14.0. The predicted octanol–water partition coefficient (Wildman–Crippen LogP) is -0.877. The molecule has 0 aliphatic carbocycles. The van der Waals surface area contributed by atoms with Gasteiger partial charge in [0.1, 0.15) is 0 Å². The first-order valence-corrected chi connectivity index (χ1v) is 7.74. The van der Waals surface area contributed by atoms with Gasteiger partial charge < -0.3 is 10.4 Å². The van der Waals surface area contributed by atoms with Gasteiger partial charge in [-0.25, -0.2) is 16.8 Å². The largest absolute Gasteiger partial charge is 0.733 e. The molecule has 0 saturated heterocycles. The molecule has 1 aromatic rings. The minimum Gasteiger partial charge on any atom is -0.733 e. The van der Waals surface area contributed by atoms with Crippen LogP contribution < -0.4 is 14.9 Å². The molecular formula is C7H10N3O6S2-. The molecule has 0 heterocycles. The molecule has 3 N–H and O–H groups in total. The molecular weight excluding hydrogens is 286 g/mol. The lowest BCUT2D eigenvalue weighted by Crippen LogP contribution is -2.40. The van der Waals surface area contributed by atoms with Crippen LogP contribution in [0.4, 0.5) is 5.69 Å². The Kier molecular flexibility index (Phi) is 4.26. The van der Waals surface area contributed by atoms with Gasteiger partial charge in [-0.15, -0.1) is 9.66 Å². The highest BCUT2D eigenvalue weighted by Crippen LogP contribution is 2.17. The zero-order valence-corrected chi connectivity index (χ0v) is 10.7. The second kappa shape index (κ2) is 5.17. The molecule has 102 valence electrons. The number of hydrazine groups is 1. The van der Waals surface area contributed by atoms with E-state index < -0.39 is 25.3 Å². The molecule has 0 radical (unpaired) electrons.